The molecule has 0 aliphatic heterocycles. The monoisotopic (exact) mass is 290 g/mol. The maximum atomic E-state index is 11.0. The molecule has 0 rings (SSSR count). The fourth-order valence-corrected chi connectivity index (χ4v) is 3.49. The van der Waals surface area contributed by atoms with Crippen LogP contribution in [0.1, 0.15) is 41.0 Å². The van der Waals surface area contributed by atoms with E-state index in [4.69, 9.17) is 4.55 Å². The first kappa shape index (κ1) is 18.3. The quantitative estimate of drug-likeness (QED) is 0.445. The van der Waals surface area contributed by atoms with Crippen LogP contribution < -0.4 is 0 Å². The number of rotatable bonds is 7. The van der Waals surface area contributed by atoms with Crippen molar-refractivity contribution in [3.8, 4) is 0 Å². The van der Waals surface area contributed by atoms with Gasteiger partial charge in [-0.15, -0.1) is 0 Å². The molecule has 0 radical (unpaired) electrons. The third-order valence-electron chi connectivity index (χ3n) is 2.74. The number of hydrogen-bond donors (Lipinski definition) is 1. The van der Waals surface area contributed by atoms with Crippen LogP contribution in [0.3, 0.4) is 0 Å². The first-order chi connectivity index (χ1) is 8.41. The predicted octanol–water partition coefficient (Wildman–Crippen LogP) is 2.61. The fraction of sp³-hybridized carbons (Fsp3) is 0.786. The SMILES string of the molecule is CC(C)=CC=[N+](C)CC(C)CC(C)(C)CS(=O)(=O)O. The van der Waals surface area contributed by atoms with E-state index >= 15 is 0 Å². The molecular formula is C14H28NO3S+. The van der Waals surface area contributed by atoms with Crippen LogP contribution in [0.2, 0.25) is 0 Å². The average Bonchev–Trinajstić information content (AvgIpc) is 2.08. The van der Waals surface area contributed by atoms with Gasteiger partial charge in [-0.2, -0.15) is 8.42 Å². The van der Waals surface area contributed by atoms with E-state index in [1.165, 1.54) is 5.57 Å². The highest BCUT2D eigenvalue weighted by Crippen LogP contribution is 2.27. The van der Waals surface area contributed by atoms with Crippen molar-refractivity contribution in [3.05, 3.63) is 11.6 Å². The topological polar surface area (TPSA) is 57.4 Å². The second-order valence-corrected chi connectivity index (χ2v) is 7.98. The Kier molecular flexibility index (Phi) is 6.94. The molecule has 0 aliphatic rings. The van der Waals surface area contributed by atoms with Gasteiger partial charge in [0.2, 0.25) is 0 Å². The van der Waals surface area contributed by atoms with E-state index in [-0.39, 0.29) is 5.75 Å². The zero-order chi connectivity index (χ0) is 15.3. The molecule has 0 aromatic rings. The summed E-state index contributed by atoms with van der Waals surface area (Å²) < 4.78 is 33.0. The van der Waals surface area contributed by atoms with Gasteiger partial charge in [0.15, 0.2) is 6.21 Å². The molecule has 0 aliphatic carbocycles. The van der Waals surface area contributed by atoms with E-state index in [0.29, 0.717) is 5.92 Å². The highest BCUT2D eigenvalue weighted by Gasteiger charge is 2.27. The standard InChI is InChI=1S/C14H27NO3S/c1-12(2)7-8-15(6)10-13(3)9-14(4,5)11-19(16,17)18/h7-8,13H,9-11H2,1-6H3/p+1. The van der Waals surface area contributed by atoms with Gasteiger partial charge >= 0.3 is 0 Å². The first-order valence-electron chi connectivity index (χ1n) is 6.55. The Bertz CT molecular complexity index is 443. The summed E-state index contributed by atoms with van der Waals surface area (Å²) in [6.07, 6.45) is 4.83. The number of nitrogens with zero attached hydrogens (tertiary/aromatic N) is 1. The van der Waals surface area contributed by atoms with E-state index in [0.717, 1.165) is 13.0 Å². The van der Waals surface area contributed by atoms with Crippen LogP contribution in [0, 0.1) is 11.3 Å². The summed E-state index contributed by atoms with van der Waals surface area (Å²) in [5, 5.41) is 0. The molecule has 0 aromatic heterocycles. The van der Waals surface area contributed by atoms with Gasteiger partial charge in [0.25, 0.3) is 10.1 Å². The van der Waals surface area contributed by atoms with Crippen molar-refractivity contribution in [3.63, 3.8) is 0 Å². The van der Waals surface area contributed by atoms with E-state index in [1.54, 1.807) is 0 Å². The second-order valence-electron chi connectivity index (χ2n) is 6.53. The molecule has 1 N–H and O–H groups in total. The van der Waals surface area contributed by atoms with Gasteiger partial charge in [0.1, 0.15) is 13.6 Å². The van der Waals surface area contributed by atoms with E-state index in [1.807, 2.05) is 41.0 Å². The lowest BCUT2D eigenvalue weighted by Gasteiger charge is -2.25. The summed E-state index contributed by atoms with van der Waals surface area (Å²) in [5.74, 6) is 0.162. The molecule has 0 aromatic carbocycles. The zero-order valence-electron chi connectivity index (χ0n) is 13.0. The van der Waals surface area contributed by atoms with Gasteiger partial charge in [-0.25, -0.2) is 4.58 Å². The van der Waals surface area contributed by atoms with Crippen molar-refractivity contribution in [1.29, 1.82) is 0 Å². The second kappa shape index (κ2) is 7.20. The minimum absolute atomic E-state index is 0.189. The maximum absolute atomic E-state index is 11.0. The Morgan fingerprint density at radius 2 is 1.89 bits per heavy atom. The Labute approximate surface area is 118 Å². The van der Waals surface area contributed by atoms with E-state index in [9.17, 15) is 8.42 Å². The molecule has 0 fully saturated rings. The van der Waals surface area contributed by atoms with Gasteiger partial charge in [0, 0.05) is 12.0 Å². The van der Waals surface area contributed by atoms with Crippen LogP contribution in [0.15, 0.2) is 11.6 Å². The highest BCUT2D eigenvalue weighted by molar-refractivity contribution is 7.85. The number of hydrogen-bond acceptors (Lipinski definition) is 2. The smallest absolute Gasteiger partial charge is 0.265 e. The minimum Gasteiger partial charge on any atom is -0.286 e. The maximum Gasteiger partial charge on any atom is 0.265 e. The van der Waals surface area contributed by atoms with Gasteiger partial charge in [-0.05, 0) is 25.7 Å². The summed E-state index contributed by atoms with van der Waals surface area (Å²) >= 11 is 0. The molecule has 112 valence electrons. The van der Waals surface area contributed by atoms with Crippen LogP contribution in [0.25, 0.3) is 0 Å². The summed E-state index contributed by atoms with van der Waals surface area (Å²) in [7, 11) is -1.90. The highest BCUT2D eigenvalue weighted by atomic mass is 32.2. The lowest BCUT2D eigenvalue weighted by atomic mass is 9.85. The zero-order valence-corrected chi connectivity index (χ0v) is 13.8. The third-order valence-corrected chi connectivity index (χ3v) is 3.88. The molecule has 0 saturated carbocycles. The van der Waals surface area contributed by atoms with Crippen LogP contribution >= 0.6 is 0 Å². The molecule has 0 saturated heterocycles. The molecule has 0 heterocycles. The van der Waals surface area contributed by atoms with Crippen molar-refractivity contribution in [2.45, 2.75) is 41.0 Å². The lowest BCUT2D eigenvalue weighted by molar-refractivity contribution is -0.499. The molecule has 4 nitrogen and oxygen atoms in total. The van der Waals surface area contributed by atoms with Gasteiger partial charge in [-0.1, -0.05) is 26.3 Å². The summed E-state index contributed by atoms with van der Waals surface area (Å²) in [6, 6.07) is 0. The van der Waals surface area contributed by atoms with Gasteiger partial charge in [0.05, 0.1) is 5.75 Å². The predicted molar refractivity (Wildman–Crippen MR) is 80.5 cm³/mol. The molecule has 0 bridgehead atoms. The molecule has 0 spiro atoms. The average molecular weight is 290 g/mol. The van der Waals surface area contributed by atoms with Crippen molar-refractivity contribution >= 4 is 16.3 Å². The molecule has 1 unspecified atom stereocenters. The van der Waals surface area contributed by atoms with Crippen molar-refractivity contribution in [2.75, 3.05) is 19.3 Å². The van der Waals surface area contributed by atoms with Crippen LogP contribution in [-0.2, 0) is 10.1 Å². The molecule has 0 amide bonds. The Hall–Kier alpha value is -0.680. The van der Waals surface area contributed by atoms with Crippen molar-refractivity contribution in [1.82, 2.24) is 0 Å². The Balaban J connectivity index is 4.50. The minimum atomic E-state index is -3.91. The fourth-order valence-electron chi connectivity index (χ4n) is 2.39. The molecule has 5 heteroatoms. The van der Waals surface area contributed by atoms with Crippen LogP contribution in [-0.4, -0.2) is 43.1 Å². The first-order valence-corrected chi connectivity index (χ1v) is 8.16. The van der Waals surface area contributed by atoms with Gasteiger partial charge in [-0.3, -0.25) is 4.55 Å². The Morgan fingerprint density at radius 3 is 2.32 bits per heavy atom. The van der Waals surface area contributed by atoms with Crippen molar-refractivity contribution in [2.24, 2.45) is 11.3 Å². The summed E-state index contributed by atoms with van der Waals surface area (Å²) in [5.41, 5.74) is 0.830. The third kappa shape index (κ3) is 10.9. The van der Waals surface area contributed by atoms with Gasteiger partial charge < -0.3 is 0 Å². The van der Waals surface area contributed by atoms with Crippen LogP contribution in [0.5, 0.6) is 0 Å². The Morgan fingerprint density at radius 1 is 1.37 bits per heavy atom. The molecule has 1 atom stereocenters. The largest absolute Gasteiger partial charge is 0.286 e. The number of allylic oxidation sites excluding steroid dienone is 2. The summed E-state index contributed by atoms with van der Waals surface area (Å²) in [4.78, 5) is 0. The van der Waals surface area contributed by atoms with Crippen molar-refractivity contribution < 1.29 is 17.5 Å². The lowest BCUT2D eigenvalue weighted by Crippen LogP contribution is -2.28. The van der Waals surface area contributed by atoms with E-state index < -0.39 is 15.5 Å². The molecule has 19 heavy (non-hydrogen) atoms. The summed E-state index contributed by atoms with van der Waals surface area (Å²) in [6.45, 7) is 10.8. The normalized spacial score (nSPS) is 15.2. The molecular weight excluding hydrogens is 262 g/mol. The van der Waals surface area contributed by atoms with E-state index in [2.05, 4.69) is 17.6 Å². The van der Waals surface area contributed by atoms with Crippen LogP contribution in [0.4, 0.5) is 0 Å².